The molecular formula is C12H21N. The van der Waals surface area contributed by atoms with Gasteiger partial charge in [-0.05, 0) is 53.2 Å². The smallest absolute Gasteiger partial charge is 0.00218 e. The third kappa shape index (κ3) is 4.28. The molecule has 1 aliphatic rings. The molecule has 0 N–H and O–H groups in total. The van der Waals surface area contributed by atoms with Crippen LogP contribution in [0.1, 0.15) is 32.6 Å². The molecule has 0 aromatic rings. The van der Waals surface area contributed by atoms with E-state index in [9.17, 15) is 0 Å². The Morgan fingerprint density at radius 3 is 2.54 bits per heavy atom. The normalized spacial score (nSPS) is 17.2. The Balaban J connectivity index is 2.22. The summed E-state index contributed by atoms with van der Waals surface area (Å²) in [7, 11) is 4.28. The largest absolute Gasteiger partial charge is 0.309 e. The summed E-state index contributed by atoms with van der Waals surface area (Å²) in [6.45, 7) is 3.42. The van der Waals surface area contributed by atoms with Gasteiger partial charge in [-0.25, -0.2) is 0 Å². The minimum Gasteiger partial charge on any atom is -0.309 e. The van der Waals surface area contributed by atoms with Crippen molar-refractivity contribution in [2.75, 3.05) is 20.6 Å². The van der Waals surface area contributed by atoms with Crippen molar-refractivity contribution in [3.8, 4) is 0 Å². The summed E-state index contributed by atoms with van der Waals surface area (Å²) in [5, 5.41) is 0. The van der Waals surface area contributed by atoms with Crippen molar-refractivity contribution in [1.82, 2.24) is 4.90 Å². The fraction of sp³-hybridized carbons (Fsp3) is 0.667. The van der Waals surface area contributed by atoms with Crippen molar-refractivity contribution in [3.63, 3.8) is 0 Å². The van der Waals surface area contributed by atoms with Gasteiger partial charge in [0.25, 0.3) is 0 Å². The first kappa shape index (κ1) is 10.5. The van der Waals surface area contributed by atoms with E-state index in [1.54, 1.807) is 5.57 Å². The molecule has 0 aromatic heterocycles. The first-order valence-corrected chi connectivity index (χ1v) is 5.18. The van der Waals surface area contributed by atoms with Crippen LogP contribution in [-0.2, 0) is 0 Å². The Kier molecular flexibility index (Phi) is 4.23. The summed E-state index contributed by atoms with van der Waals surface area (Å²) < 4.78 is 0. The van der Waals surface area contributed by atoms with Crippen molar-refractivity contribution in [3.05, 3.63) is 23.3 Å². The van der Waals surface area contributed by atoms with Crippen molar-refractivity contribution in [1.29, 1.82) is 0 Å². The molecule has 0 aromatic carbocycles. The van der Waals surface area contributed by atoms with Gasteiger partial charge in [0.1, 0.15) is 0 Å². The minimum absolute atomic E-state index is 1.21. The molecule has 0 unspecified atom stereocenters. The summed E-state index contributed by atoms with van der Waals surface area (Å²) in [5.74, 6) is 0. The van der Waals surface area contributed by atoms with Gasteiger partial charge >= 0.3 is 0 Å². The molecule has 1 heteroatoms. The molecule has 1 nitrogen and oxygen atoms in total. The monoisotopic (exact) mass is 179 g/mol. The van der Waals surface area contributed by atoms with Crippen LogP contribution in [0.5, 0.6) is 0 Å². The lowest BCUT2D eigenvalue weighted by molar-refractivity contribution is 0.399. The van der Waals surface area contributed by atoms with E-state index in [-0.39, 0.29) is 0 Å². The summed E-state index contributed by atoms with van der Waals surface area (Å²) in [4.78, 5) is 2.25. The summed E-state index contributed by atoms with van der Waals surface area (Å²) >= 11 is 0. The summed E-state index contributed by atoms with van der Waals surface area (Å²) in [5.41, 5.74) is 3.16. The molecule has 0 bridgehead atoms. The third-order valence-corrected chi connectivity index (χ3v) is 2.55. The van der Waals surface area contributed by atoms with Gasteiger partial charge in [-0.15, -0.1) is 0 Å². The second-order valence-corrected chi connectivity index (χ2v) is 4.24. The molecule has 0 fully saturated rings. The van der Waals surface area contributed by atoms with Gasteiger partial charge in [-0.2, -0.15) is 0 Å². The van der Waals surface area contributed by atoms with Gasteiger partial charge in [0.15, 0.2) is 0 Å². The fourth-order valence-corrected chi connectivity index (χ4v) is 1.62. The van der Waals surface area contributed by atoms with Crippen LogP contribution in [0.25, 0.3) is 0 Å². The maximum Gasteiger partial charge on any atom is -0.00218 e. The van der Waals surface area contributed by atoms with Gasteiger partial charge in [-0.1, -0.05) is 23.3 Å². The number of hydrogen-bond acceptors (Lipinski definition) is 1. The van der Waals surface area contributed by atoms with E-state index in [2.05, 4.69) is 38.1 Å². The lowest BCUT2D eigenvalue weighted by Crippen LogP contribution is -2.13. The van der Waals surface area contributed by atoms with Gasteiger partial charge in [-0.3, -0.25) is 0 Å². The Bertz CT molecular complexity index is 211. The van der Waals surface area contributed by atoms with Crippen molar-refractivity contribution in [2.45, 2.75) is 32.6 Å². The molecule has 0 atom stereocenters. The van der Waals surface area contributed by atoms with Crippen LogP contribution in [0.15, 0.2) is 23.3 Å². The standard InChI is InChI=1S/C12H21N/c1-11-6-8-12(9-7-11)5-4-10-13(2)3/h6,8H,4-5,7,9-10H2,1-3H3. The molecule has 13 heavy (non-hydrogen) atoms. The highest BCUT2D eigenvalue weighted by molar-refractivity contribution is 5.22. The molecule has 0 saturated carbocycles. The van der Waals surface area contributed by atoms with E-state index < -0.39 is 0 Å². The van der Waals surface area contributed by atoms with Crippen molar-refractivity contribution in [2.24, 2.45) is 0 Å². The average Bonchev–Trinajstić information content (AvgIpc) is 2.08. The Morgan fingerprint density at radius 1 is 1.23 bits per heavy atom. The van der Waals surface area contributed by atoms with Crippen LogP contribution in [0, 0.1) is 0 Å². The van der Waals surface area contributed by atoms with E-state index in [4.69, 9.17) is 0 Å². The Labute approximate surface area is 82.1 Å². The number of rotatable bonds is 4. The molecule has 74 valence electrons. The fourth-order valence-electron chi connectivity index (χ4n) is 1.62. The molecule has 0 saturated heterocycles. The van der Waals surface area contributed by atoms with E-state index in [1.807, 2.05) is 0 Å². The highest BCUT2D eigenvalue weighted by atomic mass is 15.0. The van der Waals surface area contributed by atoms with Gasteiger partial charge in [0.2, 0.25) is 0 Å². The predicted molar refractivity (Wildman–Crippen MR) is 58.9 cm³/mol. The number of hydrogen-bond donors (Lipinski definition) is 0. The zero-order valence-corrected chi connectivity index (χ0v) is 9.14. The Hall–Kier alpha value is -0.560. The van der Waals surface area contributed by atoms with Crippen LogP contribution in [0.4, 0.5) is 0 Å². The number of nitrogens with zero attached hydrogens (tertiary/aromatic N) is 1. The highest BCUT2D eigenvalue weighted by Gasteiger charge is 2.02. The first-order valence-electron chi connectivity index (χ1n) is 5.18. The predicted octanol–water partition coefficient (Wildman–Crippen LogP) is 2.99. The molecule has 0 radical (unpaired) electrons. The average molecular weight is 179 g/mol. The molecule has 0 spiro atoms. The topological polar surface area (TPSA) is 3.24 Å². The highest BCUT2D eigenvalue weighted by Crippen LogP contribution is 2.21. The molecular weight excluding hydrogens is 158 g/mol. The zero-order valence-electron chi connectivity index (χ0n) is 9.14. The maximum absolute atomic E-state index is 2.31. The van der Waals surface area contributed by atoms with Crippen LogP contribution in [0.2, 0.25) is 0 Å². The van der Waals surface area contributed by atoms with Crippen LogP contribution in [-0.4, -0.2) is 25.5 Å². The van der Waals surface area contributed by atoms with Crippen molar-refractivity contribution >= 4 is 0 Å². The molecule has 1 rings (SSSR count). The van der Waals surface area contributed by atoms with Gasteiger partial charge in [0, 0.05) is 0 Å². The Morgan fingerprint density at radius 2 is 2.00 bits per heavy atom. The zero-order chi connectivity index (χ0) is 9.68. The van der Waals surface area contributed by atoms with Crippen LogP contribution >= 0.6 is 0 Å². The van der Waals surface area contributed by atoms with Crippen molar-refractivity contribution < 1.29 is 0 Å². The number of allylic oxidation sites excluding steroid dienone is 4. The first-order chi connectivity index (χ1) is 6.18. The van der Waals surface area contributed by atoms with E-state index in [0.717, 1.165) is 0 Å². The third-order valence-electron chi connectivity index (χ3n) is 2.55. The lowest BCUT2D eigenvalue weighted by atomic mass is 9.96. The maximum atomic E-state index is 2.31. The molecule has 0 aliphatic heterocycles. The van der Waals surface area contributed by atoms with Gasteiger partial charge < -0.3 is 4.90 Å². The second-order valence-electron chi connectivity index (χ2n) is 4.24. The molecule has 1 aliphatic carbocycles. The minimum atomic E-state index is 1.21. The summed E-state index contributed by atoms with van der Waals surface area (Å²) in [6.07, 6.45) is 9.72. The van der Waals surface area contributed by atoms with Crippen LogP contribution in [0.3, 0.4) is 0 Å². The van der Waals surface area contributed by atoms with E-state index in [0.29, 0.717) is 0 Å². The van der Waals surface area contributed by atoms with E-state index >= 15 is 0 Å². The second kappa shape index (κ2) is 5.23. The van der Waals surface area contributed by atoms with E-state index in [1.165, 1.54) is 37.8 Å². The quantitative estimate of drug-likeness (QED) is 0.641. The van der Waals surface area contributed by atoms with Gasteiger partial charge in [0.05, 0.1) is 0 Å². The SMILES string of the molecule is CC1=CC=C(CCCN(C)C)CC1. The summed E-state index contributed by atoms with van der Waals surface area (Å²) in [6, 6.07) is 0. The molecule has 0 amide bonds. The van der Waals surface area contributed by atoms with Crippen LogP contribution < -0.4 is 0 Å². The molecule has 0 heterocycles. The lowest BCUT2D eigenvalue weighted by Gasteiger charge is -2.13.